The summed E-state index contributed by atoms with van der Waals surface area (Å²) in [6, 6.07) is 5.56. The molecule has 110 valence electrons. The van der Waals surface area contributed by atoms with E-state index in [0.29, 0.717) is 18.8 Å². The van der Waals surface area contributed by atoms with Gasteiger partial charge >= 0.3 is 6.09 Å². The molecule has 1 rings (SSSR count). The lowest BCUT2D eigenvalue weighted by Crippen LogP contribution is -2.32. The molecule has 1 aromatic rings. The van der Waals surface area contributed by atoms with Crippen LogP contribution in [0.15, 0.2) is 24.3 Å². The number of nitrogens with zero attached hydrogens (tertiary/aromatic N) is 1. The maximum Gasteiger partial charge on any atom is 0.407 e. The summed E-state index contributed by atoms with van der Waals surface area (Å²) < 4.78 is 10.2. The number of rotatable bonds is 5. The zero-order valence-corrected chi connectivity index (χ0v) is 12.5. The number of carbonyl (C=O) groups excluding carboxylic acids is 1. The SMILES string of the molecule is COc1cccc(C=CCCNC(=O)OC(C)(C)C)n1. The molecule has 0 saturated heterocycles. The Morgan fingerprint density at radius 1 is 1.40 bits per heavy atom. The molecule has 0 aliphatic heterocycles. The number of amides is 1. The number of nitrogens with one attached hydrogen (secondary N) is 1. The summed E-state index contributed by atoms with van der Waals surface area (Å²) in [5, 5.41) is 2.69. The van der Waals surface area contributed by atoms with Gasteiger partial charge < -0.3 is 14.8 Å². The Kier molecular flexibility index (Phi) is 6.03. The maximum absolute atomic E-state index is 11.4. The normalized spacial score (nSPS) is 11.4. The molecular weight excluding hydrogens is 256 g/mol. The molecule has 0 saturated carbocycles. The number of hydrogen-bond donors (Lipinski definition) is 1. The number of pyridine rings is 1. The Labute approximate surface area is 120 Å². The van der Waals surface area contributed by atoms with Crippen molar-refractivity contribution in [2.24, 2.45) is 0 Å². The van der Waals surface area contributed by atoms with Gasteiger partial charge in [-0.05, 0) is 39.3 Å². The first kappa shape index (κ1) is 16.0. The van der Waals surface area contributed by atoms with Crippen molar-refractivity contribution in [2.75, 3.05) is 13.7 Å². The molecular formula is C15H22N2O3. The van der Waals surface area contributed by atoms with Gasteiger partial charge in [0.05, 0.1) is 12.8 Å². The average molecular weight is 278 g/mol. The van der Waals surface area contributed by atoms with E-state index in [1.54, 1.807) is 13.2 Å². The Morgan fingerprint density at radius 3 is 2.80 bits per heavy atom. The highest BCUT2D eigenvalue weighted by Crippen LogP contribution is 2.08. The largest absolute Gasteiger partial charge is 0.481 e. The number of ether oxygens (including phenoxy) is 2. The predicted molar refractivity (Wildman–Crippen MR) is 78.7 cm³/mol. The Hall–Kier alpha value is -2.04. The summed E-state index contributed by atoms with van der Waals surface area (Å²) in [7, 11) is 1.58. The highest BCUT2D eigenvalue weighted by Gasteiger charge is 2.15. The van der Waals surface area contributed by atoms with Crippen LogP contribution in [0, 0.1) is 0 Å². The first-order valence-electron chi connectivity index (χ1n) is 6.55. The van der Waals surface area contributed by atoms with Gasteiger partial charge in [-0.25, -0.2) is 9.78 Å². The third-order valence-corrected chi connectivity index (χ3v) is 2.22. The first-order valence-corrected chi connectivity index (χ1v) is 6.55. The van der Waals surface area contributed by atoms with Crippen molar-refractivity contribution < 1.29 is 14.3 Å². The first-order chi connectivity index (χ1) is 9.40. The van der Waals surface area contributed by atoms with Crippen LogP contribution in [0.2, 0.25) is 0 Å². The van der Waals surface area contributed by atoms with Crippen LogP contribution >= 0.6 is 0 Å². The number of hydrogen-bond acceptors (Lipinski definition) is 4. The lowest BCUT2D eigenvalue weighted by atomic mass is 10.2. The molecule has 0 aromatic carbocycles. The molecule has 1 heterocycles. The van der Waals surface area contributed by atoms with Crippen LogP contribution in [-0.2, 0) is 4.74 Å². The quantitative estimate of drug-likeness (QED) is 0.841. The fraction of sp³-hybridized carbons (Fsp3) is 0.467. The third kappa shape index (κ3) is 6.78. The fourth-order valence-electron chi connectivity index (χ4n) is 1.41. The van der Waals surface area contributed by atoms with Gasteiger partial charge in [-0.3, -0.25) is 0 Å². The second kappa shape index (κ2) is 7.53. The zero-order chi connectivity index (χ0) is 15.0. The van der Waals surface area contributed by atoms with E-state index in [0.717, 1.165) is 5.69 Å². The van der Waals surface area contributed by atoms with E-state index in [1.165, 1.54) is 0 Å². The second-order valence-electron chi connectivity index (χ2n) is 5.22. The van der Waals surface area contributed by atoms with Crippen molar-refractivity contribution in [3.05, 3.63) is 30.0 Å². The monoisotopic (exact) mass is 278 g/mol. The van der Waals surface area contributed by atoms with Crippen LogP contribution in [0.4, 0.5) is 4.79 Å². The third-order valence-electron chi connectivity index (χ3n) is 2.22. The molecule has 0 aliphatic rings. The maximum atomic E-state index is 11.4. The molecule has 0 aliphatic carbocycles. The highest BCUT2D eigenvalue weighted by atomic mass is 16.6. The second-order valence-corrected chi connectivity index (χ2v) is 5.22. The van der Waals surface area contributed by atoms with Crippen LogP contribution in [0.3, 0.4) is 0 Å². The molecule has 0 atom stereocenters. The minimum absolute atomic E-state index is 0.398. The van der Waals surface area contributed by atoms with Gasteiger partial charge in [-0.15, -0.1) is 0 Å². The fourth-order valence-corrected chi connectivity index (χ4v) is 1.41. The standard InChI is InChI=1S/C15H22N2O3/c1-15(2,3)20-14(18)16-11-6-5-8-12-9-7-10-13(17-12)19-4/h5,7-10H,6,11H2,1-4H3,(H,16,18). The molecule has 0 fully saturated rings. The molecule has 0 bridgehead atoms. The lowest BCUT2D eigenvalue weighted by Gasteiger charge is -2.19. The van der Waals surface area contributed by atoms with E-state index in [4.69, 9.17) is 9.47 Å². The van der Waals surface area contributed by atoms with Gasteiger partial charge in [0.15, 0.2) is 0 Å². The van der Waals surface area contributed by atoms with Gasteiger partial charge in [0.2, 0.25) is 5.88 Å². The van der Waals surface area contributed by atoms with Crippen LogP contribution in [0.5, 0.6) is 5.88 Å². The average Bonchev–Trinajstić information content (AvgIpc) is 2.36. The number of carbonyl (C=O) groups is 1. The van der Waals surface area contributed by atoms with E-state index in [2.05, 4.69) is 10.3 Å². The van der Waals surface area contributed by atoms with Gasteiger partial charge in [-0.1, -0.05) is 12.1 Å². The Morgan fingerprint density at radius 2 is 2.15 bits per heavy atom. The van der Waals surface area contributed by atoms with E-state index < -0.39 is 11.7 Å². The van der Waals surface area contributed by atoms with Crippen LogP contribution in [0.1, 0.15) is 32.9 Å². The minimum atomic E-state index is -0.468. The van der Waals surface area contributed by atoms with Crippen molar-refractivity contribution in [3.8, 4) is 5.88 Å². The van der Waals surface area contributed by atoms with Crippen molar-refractivity contribution in [1.82, 2.24) is 10.3 Å². The summed E-state index contributed by atoms with van der Waals surface area (Å²) >= 11 is 0. The molecule has 1 N–H and O–H groups in total. The van der Waals surface area contributed by atoms with Gasteiger partial charge in [0.1, 0.15) is 5.60 Å². The smallest absolute Gasteiger partial charge is 0.407 e. The topological polar surface area (TPSA) is 60.5 Å². The van der Waals surface area contributed by atoms with Crippen LogP contribution in [-0.4, -0.2) is 30.3 Å². The van der Waals surface area contributed by atoms with Crippen molar-refractivity contribution in [1.29, 1.82) is 0 Å². The van der Waals surface area contributed by atoms with Crippen molar-refractivity contribution in [3.63, 3.8) is 0 Å². The van der Waals surface area contributed by atoms with Gasteiger partial charge in [0.25, 0.3) is 0 Å². The summed E-state index contributed by atoms with van der Waals surface area (Å²) in [4.78, 5) is 15.6. The Balaban J connectivity index is 2.30. The number of aromatic nitrogens is 1. The zero-order valence-electron chi connectivity index (χ0n) is 12.5. The molecule has 0 radical (unpaired) electrons. The number of alkyl carbamates (subject to hydrolysis) is 1. The van der Waals surface area contributed by atoms with E-state index in [-0.39, 0.29) is 0 Å². The predicted octanol–water partition coefficient (Wildman–Crippen LogP) is 3.02. The van der Waals surface area contributed by atoms with E-state index in [1.807, 2.05) is 45.1 Å². The molecule has 0 unspecified atom stereocenters. The minimum Gasteiger partial charge on any atom is -0.481 e. The molecule has 5 nitrogen and oxygen atoms in total. The molecule has 1 aromatic heterocycles. The van der Waals surface area contributed by atoms with Crippen molar-refractivity contribution >= 4 is 12.2 Å². The van der Waals surface area contributed by atoms with Crippen molar-refractivity contribution in [2.45, 2.75) is 32.8 Å². The lowest BCUT2D eigenvalue weighted by molar-refractivity contribution is 0.0529. The summed E-state index contributed by atoms with van der Waals surface area (Å²) in [5.41, 5.74) is 0.353. The van der Waals surface area contributed by atoms with Crippen LogP contribution in [0.25, 0.3) is 6.08 Å². The molecule has 20 heavy (non-hydrogen) atoms. The van der Waals surface area contributed by atoms with E-state index >= 15 is 0 Å². The summed E-state index contributed by atoms with van der Waals surface area (Å²) in [6.07, 6.45) is 4.14. The van der Waals surface area contributed by atoms with Crippen LogP contribution < -0.4 is 10.1 Å². The Bertz CT molecular complexity index is 464. The molecule has 1 amide bonds. The molecule has 0 spiro atoms. The van der Waals surface area contributed by atoms with E-state index in [9.17, 15) is 4.79 Å². The highest BCUT2D eigenvalue weighted by molar-refractivity contribution is 5.67. The molecule has 5 heteroatoms. The summed E-state index contributed by atoms with van der Waals surface area (Å²) in [5.74, 6) is 0.582. The van der Waals surface area contributed by atoms with Gasteiger partial charge in [-0.2, -0.15) is 0 Å². The van der Waals surface area contributed by atoms with Gasteiger partial charge in [0, 0.05) is 12.6 Å². The summed E-state index contributed by atoms with van der Waals surface area (Å²) in [6.45, 7) is 6.03. The number of methoxy groups -OCH3 is 1.